The Morgan fingerprint density at radius 3 is 1.93 bits per heavy atom. The van der Waals surface area contributed by atoms with Crippen molar-refractivity contribution in [2.45, 2.75) is 129 Å². The molecule has 0 heterocycles. The Bertz CT molecular complexity index is 475. The highest BCUT2D eigenvalue weighted by Crippen LogP contribution is 2.50. The van der Waals surface area contributed by atoms with E-state index in [0.29, 0.717) is 0 Å². The van der Waals surface area contributed by atoms with Gasteiger partial charge in [0.2, 0.25) is 0 Å². The van der Waals surface area contributed by atoms with Crippen LogP contribution in [-0.4, -0.2) is 0 Å². The third-order valence-corrected chi connectivity index (χ3v) is 9.12. The zero-order valence-corrected chi connectivity index (χ0v) is 19.1. The molecular formula is C27H47N. The molecule has 0 aromatic heterocycles. The van der Waals surface area contributed by atoms with Crippen molar-refractivity contribution in [2.75, 3.05) is 0 Å². The van der Waals surface area contributed by atoms with Crippen molar-refractivity contribution in [1.82, 2.24) is 0 Å². The van der Waals surface area contributed by atoms with Gasteiger partial charge in [-0.3, -0.25) is 0 Å². The number of hydrogen-bond acceptors (Lipinski definition) is 1. The molecule has 0 aromatic rings. The second-order valence-corrected chi connectivity index (χ2v) is 11.0. The van der Waals surface area contributed by atoms with Crippen molar-refractivity contribution < 1.29 is 0 Å². The Labute approximate surface area is 176 Å². The summed E-state index contributed by atoms with van der Waals surface area (Å²) in [7, 11) is 0. The van der Waals surface area contributed by atoms with E-state index in [1.165, 1.54) is 116 Å². The van der Waals surface area contributed by atoms with Gasteiger partial charge < -0.3 is 0 Å². The monoisotopic (exact) mass is 385 g/mol. The molecule has 0 aliphatic heterocycles. The molecule has 3 saturated carbocycles. The molecule has 3 rings (SSSR count). The molecule has 2 atom stereocenters. The van der Waals surface area contributed by atoms with E-state index >= 15 is 0 Å². The van der Waals surface area contributed by atoms with Crippen LogP contribution >= 0.6 is 0 Å². The van der Waals surface area contributed by atoms with Gasteiger partial charge in [0.25, 0.3) is 0 Å². The van der Waals surface area contributed by atoms with Crippen LogP contribution in [0.3, 0.4) is 0 Å². The molecular weight excluding hydrogens is 338 g/mol. The van der Waals surface area contributed by atoms with Crippen LogP contribution < -0.4 is 0 Å². The van der Waals surface area contributed by atoms with Gasteiger partial charge in [-0.25, -0.2) is 0 Å². The molecule has 1 heteroatoms. The highest BCUT2D eigenvalue weighted by atomic mass is 14.5. The van der Waals surface area contributed by atoms with E-state index in [0.717, 1.165) is 29.6 Å². The number of unbranched alkanes of at least 4 members (excludes halogenated alkanes) is 2. The maximum absolute atomic E-state index is 9.98. The molecule has 160 valence electrons. The standard InChI is InChI=1S/C27H47N/c1-3-5-6-18-27(21-28)19-7-9-26(20-27)25-16-14-24(15-17-25)23-12-10-22(8-4-2)11-13-23/h22-26H,3-20H2,1-2H3. The minimum Gasteiger partial charge on any atom is -0.198 e. The van der Waals surface area contributed by atoms with Crippen LogP contribution in [-0.2, 0) is 0 Å². The molecule has 28 heavy (non-hydrogen) atoms. The molecule has 0 spiro atoms. The highest BCUT2D eigenvalue weighted by molar-refractivity contribution is 5.03. The Morgan fingerprint density at radius 2 is 1.36 bits per heavy atom. The number of nitrogens with zero attached hydrogens (tertiary/aromatic N) is 1. The minimum atomic E-state index is 0.0343. The fourth-order valence-electron chi connectivity index (χ4n) is 7.35. The van der Waals surface area contributed by atoms with Crippen LogP contribution in [0.5, 0.6) is 0 Å². The molecule has 0 N–H and O–H groups in total. The molecule has 0 saturated heterocycles. The minimum absolute atomic E-state index is 0.0343. The average Bonchev–Trinajstić information content (AvgIpc) is 2.75. The van der Waals surface area contributed by atoms with Crippen molar-refractivity contribution in [2.24, 2.45) is 35.0 Å². The summed E-state index contributed by atoms with van der Waals surface area (Å²) in [5, 5.41) is 9.98. The first-order valence-corrected chi connectivity index (χ1v) is 13.1. The van der Waals surface area contributed by atoms with Gasteiger partial charge >= 0.3 is 0 Å². The van der Waals surface area contributed by atoms with Crippen molar-refractivity contribution in [3.63, 3.8) is 0 Å². The Balaban J connectivity index is 1.45. The van der Waals surface area contributed by atoms with E-state index in [-0.39, 0.29) is 5.41 Å². The fraction of sp³-hybridized carbons (Fsp3) is 0.963. The van der Waals surface area contributed by atoms with Gasteiger partial charge in [-0.15, -0.1) is 0 Å². The van der Waals surface area contributed by atoms with Gasteiger partial charge in [0, 0.05) is 0 Å². The SMILES string of the molecule is CCCCCC1(C#N)CCCC(C2CCC(C3CCC(CCC)CC3)CC2)C1. The summed E-state index contributed by atoms with van der Waals surface area (Å²) >= 11 is 0. The van der Waals surface area contributed by atoms with Gasteiger partial charge in [-0.05, 0) is 87.4 Å². The van der Waals surface area contributed by atoms with E-state index in [2.05, 4.69) is 19.9 Å². The molecule has 0 aromatic carbocycles. The average molecular weight is 386 g/mol. The third kappa shape index (κ3) is 5.77. The van der Waals surface area contributed by atoms with Crippen LogP contribution in [0.15, 0.2) is 0 Å². The Hall–Kier alpha value is -0.510. The Kier molecular flexibility index (Phi) is 8.74. The lowest BCUT2D eigenvalue weighted by molar-refractivity contribution is 0.0814. The summed E-state index contributed by atoms with van der Waals surface area (Å²) in [4.78, 5) is 0. The number of hydrogen-bond donors (Lipinski definition) is 0. The predicted octanol–water partition coefficient (Wildman–Crippen LogP) is 8.68. The lowest BCUT2D eigenvalue weighted by Crippen LogP contribution is -2.34. The van der Waals surface area contributed by atoms with Crippen LogP contribution in [0.25, 0.3) is 0 Å². The lowest BCUT2D eigenvalue weighted by Gasteiger charge is -2.43. The quantitative estimate of drug-likeness (QED) is 0.383. The van der Waals surface area contributed by atoms with E-state index in [1.54, 1.807) is 0 Å². The van der Waals surface area contributed by atoms with E-state index in [9.17, 15) is 5.26 Å². The molecule has 0 bridgehead atoms. The topological polar surface area (TPSA) is 23.8 Å². The summed E-state index contributed by atoms with van der Waals surface area (Å²) in [6.07, 6.45) is 25.0. The van der Waals surface area contributed by atoms with Crippen LogP contribution in [0.4, 0.5) is 0 Å². The zero-order valence-electron chi connectivity index (χ0n) is 19.1. The van der Waals surface area contributed by atoms with Gasteiger partial charge in [0.1, 0.15) is 0 Å². The molecule has 3 aliphatic rings. The first-order valence-electron chi connectivity index (χ1n) is 13.1. The second kappa shape index (κ2) is 11.0. The van der Waals surface area contributed by atoms with Gasteiger partial charge in [0.15, 0.2) is 0 Å². The largest absolute Gasteiger partial charge is 0.198 e. The first-order chi connectivity index (χ1) is 13.7. The smallest absolute Gasteiger partial charge is 0.0689 e. The highest BCUT2D eigenvalue weighted by Gasteiger charge is 2.40. The maximum Gasteiger partial charge on any atom is 0.0689 e. The van der Waals surface area contributed by atoms with Crippen molar-refractivity contribution in [3.05, 3.63) is 0 Å². The van der Waals surface area contributed by atoms with Crippen molar-refractivity contribution >= 4 is 0 Å². The number of rotatable bonds is 8. The van der Waals surface area contributed by atoms with E-state index in [4.69, 9.17) is 0 Å². The molecule has 1 nitrogen and oxygen atoms in total. The number of nitriles is 1. The predicted molar refractivity (Wildman–Crippen MR) is 120 cm³/mol. The molecule has 2 unspecified atom stereocenters. The normalized spacial score (nSPS) is 39.4. The molecule has 0 radical (unpaired) electrons. The van der Waals surface area contributed by atoms with Crippen molar-refractivity contribution in [3.8, 4) is 6.07 Å². The third-order valence-electron chi connectivity index (χ3n) is 9.12. The fourth-order valence-corrected chi connectivity index (χ4v) is 7.35. The van der Waals surface area contributed by atoms with Crippen LogP contribution in [0, 0.1) is 46.3 Å². The van der Waals surface area contributed by atoms with Gasteiger partial charge in [-0.1, -0.05) is 71.6 Å². The van der Waals surface area contributed by atoms with Crippen LogP contribution in [0.1, 0.15) is 129 Å². The molecule has 3 fully saturated rings. The summed E-state index contributed by atoms with van der Waals surface area (Å²) in [5.74, 6) is 4.93. The van der Waals surface area contributed by atoms with Crippen LogP contribution in [0.2, 0.25) is 0 Å². The summed E-state index contributed by atoms with van der Waals surface area (Å²) in [6, 6.07) is 2.82. The molecule has 0 amide bonds. The maximum atomic E-state index is 9.98. The van der Waals surface area contributed by atoms with Gasteiger partial charge in [-0.2, -0.15) is 5.26 Å². The Morgan fingerprint density at radius 1 is 0.750 bits per heavy atom. The van der Waals surface area contributed by atoms with Gasteiger partial charge in [0.05, 0.1) is 11.5 Å². The summed E-state index contributed by atoms with van der Waals surface area (Å²) in [5.41, 5.74) is 0.0343. The second-order valence-electron chi connectivity index (χ2n) is 11.0. The summed E-state index contributed by atoms with van der Waals surface area (Å²) < 4.78 is 0. The molecule has 3 aliphatic carbocycles. The van der Waals surface area contributed by atoms with E-state index in [1.807, 2.05) is 0 Å². The van der Waals surface area contributed by atoms with E-state index < -0.39 is 0 Å². The zero-order chi connectivity index (χ0) is 19.8. The van der Waals surface area contributed by atoms with Crippen molar-refractivity contribution in [1.29, 1.82) is 5.26 Å². The first kappa shape index (κ1) is 22.2. The lowest BCUT2D eigenvalue weighted by atomic mass is 9.61. The summed E-state index contributed by atoms with van der Waals surface area (Å²) in [6.45, 7) is 4.63.